The van der Waals surface area contributed by atoms with Gasteiger partial charge in [-0.15, -0.1) is 0 Å². The van der Waals surface area contributed by atoms with Crippen LogP contribution in [0.5, 0.6) is 0 Å². The van der Waals surface area contributed by atoms with Crippen LogP contribution >= 0.6 is 0 Å². The molecule has 0 spiro atoms. The number of carbonyl (C=O) groups excluding carboxylic acids is 1. The van der Waals surface area contributed by atoms with Crippen LogP contribution in [0.4, 0.5) is 0 Å². The van der Waals surface area contributed by atoms with Crippen LogP contribution in [0.15, 0.2) is 60.7 Å². The molecule has 1 atom stereocenters. The lowest BCUT2D eigenvalue weighted by Crippen LogP contribution is -2.34. The summed E-state index contributed by atoms with van der Waals surface area (Å²) in [6.07, 6.45) is 2.25. The summed E-state index contributed by atoms with van der Waals surface area (Å²) >= 11 is 0. The summed E-state index contributed by atoms with van der Waals surface area (Å²) in [5, 5.41) is 7.75. The van der Waals surface area contributed by atoms with Gasteiger partial charge in [0.1, 0.15) is 0 Å². The van der Waals surface area contributed by atoms with E-state index in [9.17, 15) is 4.79 Å². The van der Waals surface area contributed by atoms with Crippen LogP contribution in [0.2, 0.25) is 0 Å². The molecule has 1 heterocycles. The highest BCUT2D eigenvalue weighted by Gasteiger charge is 2.17. The van der Waals surface area contributed by atoms with Gasteiger partial charge in [0, 0.05) is 17.3 Å². The molecule has 140 valence electrons. The van der Waals surface area contributed by atoms with Crippen molar-refractivity contribution in [3.8, 4) is 5.69 Å². The van der Waals surface area contributed by atoms with Crippen LogP contribution in [0, 0.1) is 13.8 Å². The third kappa shape index (κ3) is 4.85. The molecule has 1 unspecified atom stereocenters. The maximum Gasteiger partial charge on any atom is 0.224 e. The highest BCUT2D eigenvalue weighted by Crippen LogP contribution is 2.18. The lowest BCUT2D eigenvalue weighted by molar-refractivity contribution is -0.121. The van der Waals surface area contributed by atoms with E-state index in [0.29, 0.717) is 6.42 Å². The third-order valence-corrected chi connectivity index (χ3v) is 4.90. The average Bonchev–Trinajstić information content (AvgIpc) is 2.96. The minimum absolute atomic E-state index is 0.0503. The first-order valence-electron chi connectivity index (χ1n) is 9.48. The van der Waals surface area contributed by atoms with Crippen molar-refractivity contribution in [1.29, 1.82) is 0 Å². The van der Waals surface area contributed by atoms with Crippen molar-refractivity contribution in [2.24, 2.45) is 0 Å². The number of benzene rings is 2. The SMILES string of the molecule is Cc1nn(-c2ccccc2)c(C)c1CC(=O)NC(C)CCc1ccccc1. The second kappa shape index (κ2) is 8.67. The van der Waals surface area contributed by atoms with E-state index in [1.807, 2.05) is 54.9 Å². The summed E-state index contributed by atoms with van der Waals surface area (Å²) in [6.45, 7) is 6.05. The number of hydrogen-bond donors (Lipinski definition) is 1. The second-order valence-electron chi connectivity index (χ2n) is 7.07. The van der Waals surface area contributed by atoms with E-state index in [0.717, 1.165) is 35.5 Å². The van der Waals surface area contributed by atoms with E-state index in [1.165, 1.54) is 5.56 Å². The van der Waals surface area contributed by atoms with Gasteiger partial charge in [0.15, 0.2) is 0 Å². The maximum absolute atomic E-state index is 12.5. The van der Waals surface area contributed by atoms with Gasteiger partial charge in [-0.25, -0.2) is 4.68 Å². The zero-order valence-corrected chi connectivity index (χ0v) is 16.3. The molecule has 1 N–H and O–H groups in total. The lowest BCUT2D eigenvalue weighted by Gasteiger charge is -2.14. The predicted molar refractivity (Wildman–Crippen MR) is 109 cm³/mol. The minimum atomic E-state index is 0.0503. The maximum atomic E-state index is 12.5. The summed E-state index contributed by atoms with van der Waals surface area (Å²) in [7, 11) is 0. The molecular formula is C23H27N3O. The van der Waals surface area contributed by atoms with Crippen LogP contribution in [0.3, 0.4) is 0 Å². The van der Waals surface area contributed by atoms with Gasteiger partial charge in [-0.05, 0) is 51.3 Å². The smallest absolute Gasteiger partial charge is 0.224 e. The molecular weight excluding hydrogens is 334 g/mol. The molecule has 0 saturated carbocycles. The normalized spacial score (nSPS) is 12.0. The topological polar surface area (TPSA) is 46.9 Å². The van der Waals surface area contributed by atoms with Gasteiger partial charge in [0.25, 0.3) is 0 Å². The Labute approximate surface area is 161 Å². The Bertz CT molecular complexity index is 885. The number of aromatic nitrogens is 2. The number of nitrogens with one attached hydrogen (secondary N) is 1. The van der Waals surface area contributed by atoms with Gasteiger partial charge in [-0.2, -0.15) is 5.10 Å². The number of nitrogens with zero attached hydrogens (tertiary/aromatic N) is 2. The van der Waals surface area contributed by atoms with Crippen LogP contribution in [0.25, 0.3) is 5.69 Å². The highest BCUT2D eigenvalue weighted by atomic mass is 16.1. The Morgan fingerprint density at radius 3 is 2.33 bits per heavy atom. The fourth-order valence-electron chi connectivity index (χ4n) is 3.34. The number of carbonyl (C=O) groups is 1. The molecule has 0 aliphatic carbocycles. The number of rotatable bonds is 7. The molecule has 0 fully saturated rings. The van der Waals surface area contributed by atoms with Gasteiger partial charge in [-0.3, -0.25) is 4.79 Å². The number of hydrogen-bond acceptors (Lipinski definition) is 2. The van der Waals surface area contributed by atoms with Crippen molar-refractivity contribution in [3.63, 3.8) is 0 Å². The van der Waals surface area contributed by atoms with E-state index >= 15 is 0 Å². The fraction of sp³-hybridized carbons (Fsp3) is 0.304. The summed E-state index contributed by atoms with van der Waals surface area (Å²) in [5.74, 6) is 0.0503. The monoisotopic (exact) mass is 361 g/mol. The molecule has 0 aliphatic heterocycles. The largest absolute Gasteiger partial charge is 0.353 e. The predicted octanol–water partition coefficient (Wildman–Crippen LogP) is 4.17. The quantitative estimate of drug-likeness (QED) is 0.686. The molecule has 4 heteroatoms. The van der Waals surface area contributed by atoms with E-state index in [1.54, 1.807) is 0 Å². The summed E-state index contributed by atoms with van der Waals surface area (Å²) < 4.78 is 1.91. The van der Waals surface area contributed by atoms with E-state index in [-0.39, 0.29) is 11.9 Å². The molecule has 1 amide bonds. The molecule has 4 nitrogen and oxygen atoms in total. The van der Waals surface area contributed by atoms with Crippen LogP contribution < -0.4 is 5.32 Å². The second-order valence-corrected chi connectivity index (χ2v) is 7.07. The van der Waals surface area contributed by atoms with Gasteiger partial charge in [0.2, 0.25) is 5.91 Å². The standard InChI is InChI=1S/C23H27N3O/c1-17(14-15-20-10-6-4-7-11-20)24-23(27)16-22-18(2)25-26(19(22)3)21-12-8-5-9-13-21/h4-13,17H,14-16H2,1-3H3,(H,24,27). The van der Waals surface area contributed by atoms with Crippen LogP contribution in [-0.2, 0) is 17.6 Å². The first kappa shape index (κ1) is 18.9. The van der Waals surface area contributed by atoms with Gasteiger partial charge in [0.05, 0.1) is 17.8 Å². The molecule has 0 saturated heterocycles. The molecule has 3 rings (SSSR count). The van der Waals surface area contributed by atoms with Crippen molar-refractivity contribution in [2.75, 3.05) is 0 Å². The van der Waals surface area contributed by atoms with Gasteiger partial charge in [-0.1, -0.05) is 48.5 Å². The number of para-hydroxylation sites is 1. The highest BCUT2D eigenvalue weighted by molar-refractivity contribution is 5.79. The minimum Gasteiger partial charge on any atom is -0.353 e. The van der Waals surface area contributed by atoms with Crippen molar-refractivity contribution in [1.82, 2.24) is 15.1 Å². The van der Waals surface area contributed by atoms with E-state index in [4.69, 9.17) is 0 Å². The molecule has 0 aliphatic rings. The lowest BCUT2D eigenvalue weighted by atomic mass is 10.1. The molecule has 2 aromatic carbocycles. The molecule has 0 bridgehead atoms. The van der Waals surface area contributed by atoms with Crippen LogP contribution in [-0.4, -0.2) is 21.7 Å². The Morgan fingerprint density at radius 2 is 1.67 bits per heavy atom. The summed E-state index contributed by atoms with van der Waals surface area (Å²) in [6, 6.07) is 20.5. The van der Waals surface area contributed by atoms with Crippen LogP contribution in [0.1, 0.15) is 35.9 Å². The zero-order chi connectivity index (χ0) is 19.2. The Kier molecular flexibility index (Phi) is 6.07. The van der Waals surface area contributed by atoms with Crippen molar-refractivity contribution < 1.29 is 4.79 Å². The number of aryl methyl sites for hydroxylation is 2. The average molecular weight is 361 g/mol. The third-order valence-electron chi connectivity index (χ3n) is 4.90. The summed E-state index contributed by atoms with van der Waals surface area (Å²) in [5.41, 5.74) is 5.25. The molecule has 1 aromatic heterocycles. The van der Waals surface area contributed by atoms with E-state index < -0.39 is 0 Å². The zero-order valence-electron chi connectivity index (χ0n) is 16.3. The van der Waals surface area contributed by atoms with Gasteiger partial charge >= 0.3 is 0 Å². The molecule has 3 aromatic rings. The first-order chi connectivity index (χ1) is 13.0. The fourth-order valence-corrected chi connectivity index (χ4v) is 3.34. The molecule has 0 radical (unpaired) electrons. The Morgan fingerprint density at radius 1 is 1.04 bits per heavy atom. The Balaban J connectivity index is 1.60. The molecule has 27 heavy (non-hydrogen) atoms. The summed E-state index contributed by atoms with van der Waals surface area (Å²) in [4.78, 5) is 12.5. The van der Waals surface area contributed by atoms with Crippen molar-refractivity contribution >= 4 is 5.91 Å². The number of amides is 1. The first-order valence-corrected chi connectivity index (χ1v) is 9.48. The Hall–Kier alpha value is -2.88. The van der Waals surface area contributed by atoms with E-state index in [2.05, 4.69) is 41.6 Å². The van der Waals surface area contributed by atoms with Crippen molar-refractivity contribution in [2.45, 2.75) is 46.1 Å². The van der Waals surface area contributed by atoms with Gasteiger partial charge < -0.3 is 5.32 Å². The van der Waals surface area contributed by atoms with Crippen molar-refractivity contribution in [3.05, 3.63) is 83.2 Å².